The summed E-state index contributed by atoms with van der Waals surface area (Å²) in [5.41, 5.74) is -0.295. The van der Waals surface area contributed by atoms with Crippen LogP contribution in [0.1, 0.15) is 48.0 Å². The van der Waals surface area contributed by atoms with Crippen molar-refractivity contribution in [2.75, 3.05) is 0 Å². The molecule has 0 aliphatic carbocycles. The van der Waals surface area contributed by atoms with Crippen molar-refractivity contribution in [3.63, 3.8) is 0 Å². The van der Waals surface area contributed by atoms with Crippen molar-refractivity contribution in [1.29, 1.82) is 0 Å². The molecule has 0 aromatic rings. The number of carboxylic acid groups (broad SMARTS) is 1. The molecule has 0 bridgehead atoms. The fraction of sp³-hybridized carbons (Fsp3) is 0.846. The summed E-state index contributed by atoms with van der Waals surface area (Å²) in [5, 5.41) is 14.4. The molecule has 0 saturated carbocycles. The van der Waals surface area contributed by atoms with E-state index in [1.165, 1.54) is 0 Å². The Balaban J connectivity index is 4.50. The first kappa shape index (κ1) is 16.7. The van der Waals surface area contributed by atoms with Crippen molar-refractivity contribution in [3.8, 4) is 0 Å². The number of urea groups is 1. The van der Waals surface area contributed by atoms with Crippen LogP contribution in [0.4, 0.5) is 4.79 Å². The highest BCUT2D eigenvalue weighted by Gasteiger charge is 2.28. The highest BCUT2D eigenvalue weighted by Crippen LogP contribution is 2.21. The van der Waals surface area contributed by atoms with E-state index < -0.39 is 12.0 Å². The van der Waals surface area contributed by atoms with E-state index in [0.717, 1.165) is 0 Å². The van der Waals surface area contributed by atoms with Crippen molar-refractivity contribution >= 4 is 12.0 Å². The summed E-state index contributed by atoms with van der Waals surface area (Å²) in [6.07, 6.45) is -0.0764. The van der Waals surface area contributed by atoms with Gasteiger partial charge in [-0.05, 0) is 18.3 Å². The van der Waals surface area contributed by atoms with Gasteiger partial charge in [0, 0.05) is 12.1 Å². The molecule has 5 nitrogen and oxygen atoms in total. The fourth-order valence-corrected chi connectivity index (χ4v) is 1.32. The molecule has 0 aliphatic rings. The van der Waals surface area contributed by atoms with E-state index >= 15 is 0 Å². The topological polar surface area (TPSA) is 78.4 Å². The van der Waals surface area contributed by atoms with Crippen LogP contribution in [0.5, 0.6) is 0 Å². The Labute approximate surface area is 109 Å². The molecule has 2 unspecified atom stereocenters. The maximum absolute atomic E-state index is 11.8. The van der Waals surface area contributed by atoms with E-state index in [9.17, 15) is 9.59 Å². The molecule has 0 rings (SSSR count). The lowest BCUT2D eigenvalue weighted by molar-refractivity contribution is -0.138. The average molecular weight is 258 g/mol. The van der Waals surface area contributed by atoms with E-state index in [1.807, 2.05) is 41.5 Å². The average Bonchev–Trinajstić information content (AvgIpc) is 2.13. The SMILES string of the molecule is CC(C)C(C)NC(=O)NC(CC(=O)O)C(C)(C)C. The van der Waals surface area contributed by atoms with Gasteiger partial charge in [0.15, 0.2) is 0 Å². The van der Waals surface area contributed by atoms with Gasteiger partial charge in [-0.3, -0.25) is 4.79 Å². The van der Waals surface area contributed by atoms with Gasteiger partial charge < -0.3 is 15.7 Å². The quantitative estimate of drug-likeness (QED) is 0.707. The Morgan fingerprint density at radius 2 is 1.61 bits per heavy atom. The number of nitrogens with one attached hydrogen (secondary N) is 2. The summed E-state index contributed by atoms with van der Waals surface area (Å²) in [4.78, 5) is 22.6. The zero-order valence-corrected chi connectivity index (χ0v) is 12.2. The molecule has 18 heavy (non-hydrogen) atoms. The molecule has 2 atom stereocenters. The van der Waals surface area contributed by atoms with Crippen LogP contribution < -0.4 is 10.6 Å². The lowest BCUT2D eigenvalue weighted by atomic mass is 9.85. The van der Waals surface area contributed by atoms with Crippen LogP contribution >= 0.6 is 0 Å². The Bertz CT molecular complexity index is 295. The zero-order valence-electron chi connectivity index (χ0n) is 12.2. The summed E-state index contributed by atoms with van der Waals surface area (Å²) in [6, 6.07) is -0.651. The van der Waals surface area contributed by atoms with Crippen LogP contribution in [0.2, 0.25) is 0 Å². The lowest BCUT2D eigenvalue weighted by Gasteiger charge is -2.31. The minimum Gasteiger partial charge on any atom is -0.481 e. The molecule has 0 spiro atoms. The summed E-state index contributed by atoms with van der Waals surface area (Å²) in [6.45, 7) is 11.7. The Morgan fingerprint density at radius 3 is 1.94 bits per heavy atom. The summed E-state index contributed by atoms with van der Waals surface area (Å²) < 4.78 is 0. The molecule has 106 valence electrons. The summed E-state index contributed by atoms with van der Waals surface area (Å²) in [5.74, 6) is -0.574. The van der Waals surface area contributed by atoms with Crippen molar-refractivity contribution in [3.05, 3.63) is 0 Å². The smallest absolute Gasteiger partial charge is 0.315 e. The van der Waals surface area contributed by atoms with Gasteiger partial charge in [-0.25, -0.2) is 4.79 Å². The Hall–Kier alpha value is -1.26. The highest BCUT2D eigenvalue weighted by molar-refractivity contribution is 5.76. The molecular formula is C13H26N2O3. The van der Waals surface area contributed by atoms with Crippen molar-refractivity contribution in [2.24, 2.45) is 11.3 Å². The lowest BCUT2D eigenvalue weighted by Crippen LogP contribution is -2.51. The predicted molar refractivity (Wildman–Crippen MR) is 71.5 cm³/mol. The van der Waals surface area contributed by atoms with E-state index in [4.69, 9.17) is 5.11 Å². The van der Waals surface area contributed by atoms with Crippen LogP contribution in [-0.4, -0.2) is 29.2 Å². The number of carboxylic acids is 1. The number of aliphatic carboxylic acids is 1. The standard InChI is InChI=1S/C13H26N2O3/c1-8(2)9(3)14-12(18)15-10(7-11(16)17)13(4,5)6/h8-10H,7H2,1-6H3,(H,16,17)(H2,14,15,18). The van der Waals surface area contributed by atoms with Crippen LogP contribution in [0, 0.1) is 11.3 Å². The number of carbonyl (C=O) groups is 2. The van der Waals surface area contributed by atoms with Gasteiger partial charge in [-0.1, -0.05) is 34.6 Å². The van der Waals surface area contributed by atoms with Crippen molar-refractivity contribution in [2.45, 2.75) is 60.0 Å². The normalized spacial score (nSPS) is 15.1. The Kier molecular flexibility index (Phi) is 6.15. The third-order valence-electron chi connectivity index (χ3n) is 3.09. The van der Waals surface area contributed by atoms with Gasteiger partial charge in [0.25, 0.3) is 0 Å². The molecular weight excluding hydrogens is 232 g/mol. The number of carbonyl (C=O) groups excluding carboxylic acids is 1. The summed E-state index contributed by atoms with van der Waals surface area (Å²) in [7, 11) is 0. The second kappa shape index (κ2) is 6.61. The summed E-state index contributed by atoms with van der Waals surface area (Å²) >= 11 is 0. The minimum absolute atomic E-state index is 0.0513. The first-order chi connectivity index (χ1) is 8.04. The molecule has 0 fully saturated rings. The number of hydrogen-bond donors (Lipinski definition) is 3. The number of hydrogen-bond acceptors (Lipinski definition) is 2. The first-order valence-corrected chi connectivity index (χ1v) is 6.33. The first-order valence-electron chi connectivity index (χ1n) is 6.33. The molecule has 0 aromatic heterocycles. The van der Waals surface area contributed by atoms with Crippen LogP contribution in [0.25, 0.3) is 0 Å². The van der Waals surface area contributed by atoms with E-state index in [-0.39, 0.29) is 23.9 Å². The van der Waals surface area contributed by atoms with Gasteiger partial charge >= 0.3 is 12.0 Å². The van der Waals surface area contributed by atoms with E-state index in [1.54, 1.807) is 0 Å². The van der Waals surface area contributed by atoms with Gasteiger partial charge in [0.2, 0.25) is 0 Å². The second-order valence-corrected chi connectivity index (χ2v) is 6.17. The largest absolute Gasteiger partial charge is 0.481 e. The van der Waals surface area contributed by atoms with Gasteiger partial charge in [0.1, 0.15) is 0 Å². The molecule has 0 aliphatic heterocycles. The molecule has 2 amide bonds. The number of rotatable bonds is 5. The monoisotopic (exact) mass is 258 g/mol. The predicted octanol–water partition coefficient (Wildman–Crippen LogP) is 2.22. The van der Waals surface area contributed by atoms with Crippen LogP contribution in [0.15, 0.2) is 0 Å². The number of amides is 2. The van der Waals surface area contributed by atoms with Gasteiger partial charge in [-0.15, -0.1) is 0 Å². The second-order valence-electron chi connectivity index (χ2n) is 6.17. The van der Waals surface area contributed by atoms with Gasteiger partial charge in [-0.2, -0.15) is 0 Å². The van der Waals surface area contributed by atoms with Crippen LogP contribution in [-0.2, 0) is 4.79 Å². The molecule has 5 heteroatoms. The maximum Gasteiger partial charge on any atom is 0.315 e. The zero-order chi connectivity index (χ0) is 14.5. The van der Waals surface area contributed by atoms with Crippen molar-refractivity contribution in [1.82, 2.24) is 10.6 Å². The Morgan fingerprint density at radius 1 is 1.11 bits per heavy atom. The van der Waals surface area contributed by atoms with E-state index in [0.29, 0.717) is 5.92 Å². The van der Waals surface area contributed by atoms with E-state index in [2.05, 4.69) is 10.6 Å². The van der Waals surface area contributed by atoms with Gasteiger partial charge in [0.05, 0.1) is 6.42 Å². The third kappa shape index (κ3) is 6.47. The molecule has 0 saturated heterocycles. The van der Waals surface area contributed by atoms with Crippen LogP contribution in [0.3, 0.4) is 0 Å². The maximum atomic E-state index is 11.8. The highest BCUT2D eigenvalue weighted by atomic mass is 16.4. The minimum atomic E-state index is -0.910. The third-order valence-corrected chi connectivity index (χ3v) is 3.09. The molecule has 0 radical (unpaired) electrons. The fourth-order valence-electron chi connectivity index (χ4n) is 1.32. The molecule has 0 heterocycles. The van der Waals surface area contributed by atoms with Crippen molar-refractivity contribution < 1.29 is 14.7 Å². The molecule has 3 N–H and O–H groups in total. The molecule has 0 aromatic carbocycles.